The number of ether oxygens (including phenoxy) is 1. The van der Waals surface area contributed by atoms with Crippen LogP contribution < -0.4 is 10.1 Å². The van der Waals surface area contributed by atoms with Gasteiger partial charge in [0.2, 0.25) is 5.89 Å². The van der Waals surface area contributed by atoms with Crippen LogP contribution in [0.4, 0.5) is 4.39 Å². The first-order valence-corrected chi connectivity index (χ1v) is 10.6. The minimum atomic E-state index is -0.270. The third kappa shape index (κ3) is 4.34. The van der Waals surface area contributed by atoms with Gasteiger partial charge in [0.25, 0.3) is 0 Å². The lowest BCUT2D eigenvalue weighted by Gasteiger charge is -2.10. The molecule has 4 rings (SSSR count). The number of oxazole rings is 1. The summed E-state index contributed by atoms with van der Waals surface area (Å²) in [6.45, 7) is 5.48. The van der Waals surface area contributed by atoms with Crippen LogP contribution in [0, 0.1) is 24.1 Å². The smallest absolute Gasteiger partial charge is 0.227 e. The normalized spacial score (nSPS) is 10.9. The quantitative estimate of drug-likeness (QED) is 0.347. The van der Waals surface area contributed by atoms with Crippen LogP contribution in [0.15, 0.2) is 59.0 Å². The van der Waals surface area contributed by atoms with E-state index >= 15 is 0 Å². The fraction of sp³-hybridized carbons (Fsp3) is 0.231. The summed E-state index contributed by atoms with van der Waals surface area (Å²) in [6, 6.07) is 18.1. The molecule has 4 aromatic rings. The van der Waals surface area contributed by atoms with Crippen molar-refractivity contribution in [2.75, 3.05) is 13.2 Å². The monoisotopic (exact) mass is 429 g/mol. The van der Waals surface area contributed by atoms with Gasteiger partial charge in [0.05, 0.1) is 0 Å². The molecule has 0 radical (unpaired) electrons. The Balaban J connectivity index is 1.76. The predicted molar refractivity (Wildman–Crippen MR) is 123 cm³/mol. The summed E-state index contributed by atoms with van der Waals surface area (Å²) in [5, 5.41) is 12.3. The highest BCUT2D eigenvalue weighted by Crippen LogP contribution is 2.35. The van der Waals surface area contributed by atoms with Crippen LogP contribution in [0.2, 0.25) is 0 Å². The van der Waals surface area contributed by atoms with Gasteiger partial charge in [-0.1, -0.05) is 37.3 Å². The zero-order valence-corrected chi connectivity index (χ0v) is 18.1. The fourth-order valence-electron chi connectivity index (χ4n) is 3.73. The molecule has 1 aromatic heterocycles. The number of benzene rings is 3. The summed E-state index contributed by atoms with van der Waals surface area (Å²) in [6.07, 6.45) is 1.02. The van der Waals surface area contributed by atoms with Crippen molar-refractivity contribution >= 4 is 11.1 Å². The highest BCUT2D eigenvalue weighted by Gasteiger charge is 2.17. The van der Waals surface area contributed by atoms with E-state index in [-0.39, 0.29) is 12.4 Å². The van der Waals surface area contributed by atoms with Crippen LogP contribution in [0.5, 0.6) is 5.75 Å². The van der Waals surface area contributed by atoms with Crippen LogP contribution in [0.3, 0.4) is 0 Å². The highest BCUT2D eigenvalue weighted by atomic mass is 19.1. The fourth-order valence-corrected chi connectivity index (χ4v) is 3.73. The highest BCUT2D eigenvalue weighted by molar-refractivity contribution is 5.82. The second-order valence-electron chi connectivity index (χ2n) is 7.53. The molecule has 32 heavy (non-hydrogen) atoms. The SMILES string of the molecule is CCCNCc1cc2nc(-c3cccc(-c4ccccc4F)c3C)oc2cc1OCC#N. The topological polar surface area (TPSA) is 71.1 Å². The Morgan fingerprint density at radius 2 is 1.88 bits per heavy atom. The van der Waals surface area contributed by atoms with Crippen molar-refractivity contribution in [1.29, 1.82) is 5.26 Å². The number of halogens is 1. The van der Waals surface area contributed by atoms with Gasteiger partial charge in [-0.05, 0) is 49.2 Å². The van der Waals surface area contributed by atoms with E-state index in [0.717, 1.165) is 35.2 Å². The number of hydrogen-bond donors (Lipinski definition) is 1. The molecule has 0 bridgehead atoms. The van der Waals surface area contributed by atoms with E-state index < -0.39 is 0 Å². The first-order valence-electron chi connectivity index (χ1n) is 10.6. The van der Waals surface area contributed by atoms with Crippen molar-refractivity contribution in [2.24, 2.45) is 0 Å². The second kappa shape index (κ2) is 9.63. The molecule has 1 N–H and O–H groups in total. The molecule has 6 heteroatoms. The minimum Gasteiger partial charge on any atom is -0.478 e. The summed E-state index contributed by atoms with van der Waals surface area (Å²) in [7, 11) is 0. The Kier molecular flexibility index (Phi) is 6.48. The van der Waals surface area contributed by atoms with Gasteiger partial charge in [-0.3, -0.25) is 0 Å². The molecule has 162 valence electrons. The zero-order chi connectivity index (χ0) is 22.5. The van der Waals surface area contributed by atoms with Gasteiger partial charge in [0.1, 0.15) is 23.2 Å². The second-order valence-corrected chi connectivity index (χ2v) is 7.53. The Hall–Kier alpha value is -3.69. The lowest BCUT2D eigenvalue weighted by molar-refractivity contribution is 0.362. The number of nitrogens with zero attached hydrogens (tertiary/aromatic N) is 2. The van der Waals surface area contributed by atoms with Crippen LogP contribution in [-0.4, -0.2) is 18.1 Å². The Bertz CT molecular complexity index is 1290. The lowest BCUT2D eigenvalue weighted by Crippen LogP contribution is -2.14. The lowest BCUT2D eigenvalue weighted by atomic mass is 9.96. The Morgan fingerprint density at radius 3 is 2.66 bits per heavy atom. The van der Waals surface area contributed by atoms with E-state index in [9.17, 15) is 4.39 Å². The molecule has 0 amide bonds. The average molecular weight is 429 g/mol. The minimum absolute atomic E-state index is 0.0446. The first kappa shape index (κ1) is 21.5. The van der Waals surface area contributed by atoms with Gasteiger partial charge in [0, 0.05) is 29.3 Å². The van der Waals surface area contributed by atoms with E-state index in [1.165, 1.54) is 6.07 Å². The number of nitriles is 1. The summed E-state index contributed by atoms with van der Waals surface area (Å²) < 4.78 is 26.1. The third-order valence-electron chi connectivity index (χ3n) is 5.33. The molecule has 0 aliphatic carbocycles. The van der Waals surface area contributed by atoms with Crippen LogP contribution >= 0.6 is 0 Å². The standard InChI is InChI=1S/C26H24FN3O2/c1-3-12-29-16-18-14-23-25(15-24(18)31-13-11-28)32-26(30-23)20-9-6-8-19(17(20)2)21-7-4-5-10-22(21)27/h4-10,14-15,29H,3,12-13,16H2,1-2H3. The number of hydrogen-bond acceptors (Lipinski definition) is 5. The van der Waals surface area contributed by atoms with Crippen molar-refractivity contribution < 1.29 is 13.5 Å². The molecule has 0 spiro atoms. The van der Waals surface area contributed by atoms with Crippen LogP contribution in [-0.2, 0) is 6.54 Å². The largest absolute Gasteiger partial charge is 0.478 e. The van der Waals surface area contributed by atoms with E-state index in [2.05, 4.69) is 12.2 Å². The third-order valence-corrected chi connectivity index (χ3v) is 5.33. The summed E-state index contributed by atoms with van der Waals surface area (Å²) >= 11 is 0. The van der Waals surface area contributed by atoms with Crippen molar-refractivity contribution in [1.82, 2.24) is 10.3 Å². The van der Waals surface area contributed by atoms with Crippen LogP contribution in [0.25, 0.3) is 33.7 Å². The number of rotatable bonds is 8. The molecule has 5 nitrogen and oxygen atoms in total. The van der Waals surface area contributed by atoms with Crippen LogP contribution in [0.1, 0.15) is 24.5 Å². The zero-order valence-electron chi connectivity index (χ0n) is 18.1. The van der Waals surface area contributed by atoms with Gasteiger partial charge in [-0.15, -0.1) is 0 Å². The summed E-state index contributed by atoms with van der Waals surface area (Å²) in [4.78, 5) is 4.70. The molecular formula is C26H24FN3O2. The molecule has 0 atom stereocenters. The molecule has 0 aliphatic heterocycles. The number of fused-ring (bicyclic) bond motifs is 1. The maximum Gasteiger partial charge on any atom is 0.227 e. The van der Waals surface area contributed by atoms with Gasteiger partial charge in [0.15, 0.2) is 12.2 Å². The Labute approximate surface area is 186 Å². The molecular weight excluding hydrogens is 405 g/mol. The van der Waals surface area contributed by atoms with E-state index in [1.54, 1.807) is 18.2 Å². The molecule has 0 saturated heterocycles. The predicted octanol–water partition coefficient (Wildman–Crippen LogP) is 6.01. The maximum absolute atomic E-state index is 14.4. The molecule has 0 unspecified atom stereocenters. The maximum atomic E-state index is 14.4. The molecule has 0 fully saturated rings. The molecule has 3 aromatic carbocycles. The van der Waals surface area contributed by atoms with Crippen molar-refractivity contribution in [3.05, 3.63) is 71.5 Å². The van der Waals surface area contributed by atoms with Gasteiger partial charge >= 0.3 is 0 Å². The average Bonchev–Trinajstić information content (AvgIpc) is 3.21. The van der Waals surface area contributed by atoms with Crippen molar-refractivity contribution in [3.63, 3.8) is 0 Å². The van der Waals surface area contributed by atoms with Crippen molar-refractivity contribution in [2.45, 2.75) is 26.8 Å². The molecule has 0 saturated carbocycles. The molecule has 1 heterocycles. The first-order chi connectivity index (χ1) is 15.6. The van der Waals surface area contributed by atoms with E-state index in [4.69, 9.17) is 19.4 Å². The van der Waals surface area contributed by atoms with Gasteiger partial charge < -0.3 is 14.5 Å². The van der Waals surface area contributed by atoms with E-state index in [1.807, 2.05) is 43.3 Å². The summed E-state index contributed by atoms with van der Waals surface area (Å²) in [5.41, 5.74) is 5.21. The van der Waals surface area contributed by atoms with Gasteiger partial charge in [-0.2, -0.15) is 5.26 Å². The number of aromatic nitrogens is 1. The summed E-state index contributed by atoms with van der Waals surface area (Å²) in [5.74, 6) is 0.789. The number of nitrogens with one attached hydrogen (secondary N) is 1. The Morgan fingerprint density at radius 1 is 1.09 bits per heavy atom. The van der Waals surface area contributed by atoms with Crippen molar-refractivity contribution in [3.8, 4) is 34.4 Å². The van der Waals surface area contributed by atoms with E-state index in [0.29, 0.717) is 34.8 Å². The van der Waals surface area contributed by atoms with Gasteiger partial charge in [-0.25, -0.2) is 9.37 Å². The molecule has 0 aliphatic rings.